The summed E-state index contributed by atoms with van der Waals surface area (Å²) in [5.41, 5.74) is 1.14. The van der Waals surface area contributed by atoms with E-state index in [2.05, 4.69) is 20.9 Å². The molecule has 0 saturated carbocycles. The van der Waals surface area contributed by atoms with Gasteiger partial charge in [0.1, 0.15) is 0 Å². The van der Waals surface area contributed by atoms with Crippen molar-refractivity contribution in [2.75, 3.05) is 5.33 Å². The molecule has 0 radical (unpaired) electrons. The lowest BCUT2D eigenvalue weighted by molar-refractivity contribution is 0.514. The molecule has 5 heteroatoms. The van der Waals surface area contributed by atoms with Gasteiger partial charge in [-0.05, 0) is 12.1 Å². The molecule has 68 valence electrons. The van der Waals surface area contributed by atoms with Gasteiger partial charge >= 0.3 is 5.76 Å². The number of hydrogen-bond donors (Lipinski definition) is 0. The Balaban J connectivity index is 2.71. The lowest BCUT2D eigenvalue weighted by atomic mass is 10.4. The third-order valence-corrected chi connectivity index (χ3v) is 2.09. The number of aryl methyl sites for hydroxylation is 1. The maximum atomic E-state index is 11.3. The molecular formula is C8H7BrN2O2. The van der Waals surface area contributed by atoms with Crippen LogP contribution in [-0.4, -0.2) is 14.9 Å². The number of oxazole rings is 1. The normalized spacial score (nSPS) is 10.8. The number of pyridine rings is 1. The van der Waals surface area contributed by atoms with Crippen LogP contribution in [-0.2, 0) is 6.54 Å². The van der Waals surface area contributed by atoms with Gasteiger partial charge in [0.05, 0.1) is 0 Å². The number of fused-ring (bicyclic) bond motifs is 1. The molecule has 2 heterocycles. The molecule has 0 spiro atoms. The van der Waals surface area contributed by atoms with Crippen LogP contribution >= 0.6 is 15.9 Å². The van der Waals surface area contributed by atoms with Crippen LogP contribution in [0, 0.1) is 0 Å². The van der Waals surface area contributed by atoms with Crippen LogP contribution in [0.1, 0.15) is 0 Å². The van der Waals surface area contributed by atoms with Gasteiger partial charge in [0.2, 0.25) is 0 Å². The van der Waals surface area contributed by atoms with Gasteiger partial charge in [-0.3, -0.25) is 4.57 Å². The molecule has 13 heavy (non-hydrogen) atoms. The third kappa shape index (κ3) is 1.39. The van der Waals surface area contributed by atoms with Crippen molar-refractivity contribution in [3.8, 4) is 0 Å². The number of hydrogen-bond acceptors (Lipinski definition) is 3. The maximum Gasteiger partial charge on any atom is 0.421 e. The molecule has 0 N–H and O–H groups in total. The fraction of sp³-hybridized carbons (Fsp3) is 0.250. The summed E-state index contributed by atoms with van der Waals surface area (Å²) in [6.45, 7) is 0.572. The molecule has 0 aliphatic carbocycles. The third-order valence-electron chi connectivity index (χ3n) is 1.73. The van der Waals surface area contributed by atoms with E-state index >= 15 is 0 Å². The Morgan fingerprint density at radius 2 is 2.46 bits per heavy atom. The zero-order chi connectivity index (χ0) is 9.26. The molecule has 0 atom stereocenters. The van der Waals surface area contributed by atoms with Gasteiger partial charge in [0, 0.05) is 18.1 Å². The van der Waals surface area contributed by atoms with Crippen molar-refractivity contribution in [1.29, 1.82) is 0 Å². The zero-order valence-corrected chi connectivity index (χ0v) is 8.32. The summed E-state index contributed by atoms with van der Waals surface area (Å²) in [5.74, 6) is -0.354. The molecule has 0 saturated heterocycles. The second-order valence-electron chi connectivity index (χ2n) is 2.53. The fourth-order valence-corrected chi connectivity index (χ4v) is 1.54. The summed E-state index contributed by atoms with van der Waals surface area (Å²) in [7, 11) is 0. The molecule has 0 unspecified atom stereocenters. The highest BCUT2D eigenvalue weighted by atomic mass is 79.9. The van der Waals surface area contributed by atoms with Gasteiger partial charge in [-0.1, -0.05) is 15.9 Å². The zero-order valence-electron chi connectivity index (χ0n) is 6.74. The second-order valence-corrected chi connectivity index (χ2v) is 3.33. The highest BCUT2D eigenvalue weighted by Gasteiger charge is 2.07. The predicted molar refractivity (Wildman–Crippen MR) is 52.1 cm³/mol. The molecule has 0 aliphatic heterocycles. The van der Waals surface area contributed by atoms with Gasteiger partial charge in [-0.25, -0.2) is 9.78 Å². The van der Waals surface area contributed by atoms with Gasteiger partial charge < -0.3 is 4.42 Å². The average Bonchev–Trinajstić information content (AvgIpc) is 2.44. The Morgan fingerprint density at radius 1 is 1.62 bits per heavy atom. The van der Waals surface area contributed by atoms with Crippen LogP contribution in [0.5, 0.6) is 0 Å². The minimum absolute atomic E-state index is 0.354. The topological polar surface area (TPSA) is 48.0 Å². The molecular weight excluding hydrogens is 236 g/mol. The van der Waals surface area contributed by atoms with Crippen molar-refractivity contribution in [1.82, 2.24) is 9.55 Å². The lowest BCUT2D eigenvalue weighted by Gasteiger charge is -1.94. The number of nitrogens with zero attached hydrogens (tertiary/aromatic N) is 2. The Bertz CT molecular complexity index is 474. The first-order valence-corrected chi connectivity index (χ1v) is 4.95. The van der Waals surface area contributed by atoms with Crippen molar-refractivity contribution in [3.63, 3.8) is 0 Å². The van der Waals surface area contributed by atoms with Gasteiger partial charge in [-0.15, -0.1) is 0 Å². The average molecular weight is 243 g/mol. The minimum atomic E-state index is -0.354. The van der Waals surface area contributed by atoms with Crippen LogP contribution in [0.3, 0.4) is 0 Å². The number of aromatic nitrogens is 2. The van der Waals surface area contributed by atoms with E-state index in [1.165, 1.54) is 4.57 Å². The maximum absolute atomic E-state index is 11.3. The van der Waals surface area contributed by atoms with Crippen LogP contribution in [0.4, 0.5) is 0 Å². The molecule has 0 aromatic carbocycles. The van der Waals surface area contributed by atoms with Gasteiger partial charge in [0.15, 0.2) is 11.2 Å². The van der Waals surface area contributed by atoms with E-state index in [0.717, 1.165) is 0 Å². The Kier molecular flexibility index (Phi) is 2.18. The summed E-state index contributed by atoms with van der Waals surface area (Å²) in [5, 5.41) is 0.706. The van der Waals surface area contributed by atoms with Crippen molar-refractivity contribution < 1.29 is 4.42 Å². The molecule has 0 amide bonds. The largest absolute Gasteiger partial charge is 0.421 e. The van der Waals surface area contributed by atoms with Crippen molar-refractivity contribution in [2.24, 2.45) is 0 Å². The van der Waals surface area contributed by atoms with Crippen LogP contribution in [0.2, 0.25) is 0 Å². The van der Waals surface area contributed by atoms with Crippen LogP contribution < -0.4 is 5.76 Å². The quantitative estimate of drug-likeness (QED) is 0.748. The van der Waals surface area contributed by atoms with Crippen molar-refractivity contribution >= 4 is 27.2 Å². The highest BCUT2D eigenvalue weighted by Crippen LogP contribution is 2.08. The van der Waals surface area contributed by atoms with E-state index in [1.807, 2.05) is 0 Å². The summed E-state index contributed by atoms with van der Waals surface area (Å²) in [4.78, 5) is 15.3. The van der Waals surface area contributed by atoms with E-state index in [1.54, 1.807) is 18.3 Å². The summed E-state index contributed by atoms with van der Waals surface area (Å²) >= 11 is 3.26. The monoisotopic (exact) mass is 242 g/mol. The van der Waals surface area contributed by atoms with E-state index in [9.17, 15) is 4.79 Å². The molecule has 4 nitrogen and oxygen atoms in total. The lowest BCUT2D eigenvalue weighted by Crippen LogP contribution is -2.15. The first kappa shape index (κ1) is 8.50. The van der Waals surface area contributed by atoms with E-state index < -0.39 is 0 Å². The SMILES string of the molecule is O=c1oc2cccnc2n1CCBr. The summed E-state index contributed by atoms with van der Waals surface area (Å²) < 4.78 is 6.48. The van der Waals surface area contributed by atoms with Crippen molar-refractivity contribution in [2.45, 2.75) is 6.54 Å². The van der Waals surface area contributed by atoms with E-state index in [0.29, 0.717) is 23.1 Å². The van der Waals surface area contributed by atoms with Crippen LogP contribution in [0.25, 0.3) is 11.2 Å². The summed E-state index contributed by atoms with van der Waals surface area (Å²) in [6.07, 6.45) is 1.64. The predicted octanol–water partition coefficient (Wildman–Crippen LogP) is 1.38. The minimum Gasteiger partial charge on any atom is -0.406 e. The molecule has 0 fully saturated rings. The molecule has 2 aromatic heterocycles. The number of alkyl halides is 1. The molecule has 2 rings (SSSR count). The Morgan fingerprint density at radius 3 is 3.23 bits per heavy atom. The smallest absolute Gasteiger partial charge is 0.406 e. The highest BCUT2D eigenvalue weighted by molar-refractivity contribution is 9.09. The standard InChI is InChI=1S/C8H7BrN2O2/c9-3-5-11-7-6(13-8(11)12)2-1-4-10-7/h1-2,4H,3,5H2. The van der Waals surface area contributed by atoms with Crippen molar-refractivity contribution in [3.05, 3.63) is 28.9 Å². The van der Waals surface area contributed by atoms with E-state index in [4.69, 9.17) is 4.42 Å². The fourth-order valence-electron chi connectivity index (χ4n) is 1.18. The number of halogens is 1. The molecule has 2 aromatic rings. The second kappa shape index (κ2) is 3.33. The van der Waals surface area contributed by atoms with Crippen LogP contribution in [0.15, 0.2) is 27.5 Å². The first-order chi connectivity index (χ1) is 6.33. The van der Waals surface area contributed by atoms with E-state index in [-0.39, 0.29) is 5.76 Å². The molecule has 0 bridgehead atoms. The summed E-state index contributed by atoms with van der Waals surface area (Å²) in [6, 6.07) is 3.47. The molecule has 0 aliphatic rings. The van der Waals surface area contributed by atoms with Gasteiger partial charge in [0.25, 0.3) is 0 Å². The number of rotatable bonds is 2. The van der Waals surface area contributed by atoms with Gasteiger partial charge in [-0.2, -0.15) is 0 Å². The first-order valence-electron chi connectivity index (χ1n) is 3.83. The Hall–Kier alpha value is -1.10. The Labute approximate surface area is 82.3 Å².